The van der Waals surface area contributed by atoms with E-state index in [4.69, 9.17) is 5.73 Å². The lowest BCUT2D eigenvalue weighted by Gasteiger charge is -1.95. The number of hydrogen-bond donors (Lipinski definition) is 2. The molecule has 0 unspecified atom stereocenters. The Labute approximate surface area is 87.7 Å². The van der Waals surface area contributed by atoms with Gasteiger partial charge in [-0.2, -0.15) is 0 Å². The minimum Gasteiger partial charge on any atom is -0.398 e. The van der Waals surface area contributed by atoms with Gasteiger partial charge in [-0.1, -0.05) is 19.1 Å². The smallest absolute Gasteiger partial charge is 0.0575 e. The highest BCUT2D eigenvalue weighted by Gasteiger charge is 2.02. The average Bonchev–Trinajstić information content (AvgIpc) is 2.59. The van der Waals surface area contributed by atoms with Crippen LogP contribution >= 0.6 is 11.3 Å². The van der Waals surface area contributed by atoms with Crippen LogP contribution in [0.4, 0.5) is 5.69 Å². The molecule has 14 heavy (non-hydrogen) atoms. The zero-order valence-corrected chi connectivity index (χ0v) is 9.03. The Balaban J connectivity index is 2.36. The molecule has 2 nitrogen and oxygen atoms in total. The van der Waals surface area contributed by atoms with Gasteiger partial charge in [0.05, 0.1) is 4.70 Å². The Kier molecular flexibility index (Phi) is 2.70. The van der Waals surface area contributed by atoms with Crippen molar-refractivity contribution in [2.45, 2.75) is 13.5 Å². The first-order valence-electron chi connectivity index (χ1n) is 4.79. The molecule has 1 aromatic heterocycles. The lowest BCUT2D eigenvalue weighted by molar-refractivity contribution is 0.736. The minimum atomic E-state index is 0.884. The lowest BCUT2D eigenvalue weighted by atomic mass is 10.2. The number of nitrogen functional groups attached to an aromatic ring is 1. The highest BCUT2D eigenvalue weighted by atomic mass is 32.1. The van der Waals surface area contributed by atoms with Crippen molar-refractivity contribution >= 4 is 27.1 Å². The minimum absolute atomic E-state index is 0.884. The quantitative estimate of drug-likeness (QED) is 0.757. The predicted octanol–water partition coefficient (Wildman–Crippen LogP) is 2.59. The standard InChI is InChI=1S/C11H14N2S/c1-2-13-7-9-6-8-4-3-5-10(12)11(8)14-9/h3-6,13H,2,7,12H2,1H3. The molecule has 0 aliphatic carbocycles. The predicted molar refractivity (Wildman–Crippen MR) is 63.6 cm³/mol. The van der Waals surface area contributed by atoms with Gasteiger partial charge >= 0.3 is 0 Å². The second-order valence-electron chi connectivity index (χ2n) is 3.26. The molecular formula is C11H14N2S. The Bertz CT molecular complexity index is 434. The van der Waals surface area contributed by atoms with Crippen LogP contribution in [0.5, 0.6) is 0 Å². The van der Waals surface area contributed by atoms with Gasteiger partial charge < -0.3 is 11.1 Å². The average molecular weight is 206 g/mol. The van der Waals surface area contributed by atoms with Crippen molar-refractivity contribution < 1.29 is 0 Å². The summed E-state index contributed by atoms with van der Waals surface area (Å²) in [7, 11) is 0. The molecule has 2 aromatic rings. The zero-order chi connectivity index (χ0) is 9.97. The van der Waals surface area contributed by atoms with E-state index in [-0.39, 0.29) is 0 Å². The molecule has 2 rings (SSSR count). The van der Waals surface area contributed by atoms with E-state index in [0.29, 0.717) is 0 Å². The van der Waals surface area contributed by atoms with Crippen molar-refractivity contribution in [2.75, 3.05) is 12.3 Å². The van der Waals surface area contributed by atoms with Gasteiger partial charge in [0.1, 0.15) is 0 Å². The van der Waals surface area contributed by atoms with E-state index in [1.807, 2.05) is 12.1 Å². The first-order chi connectivity index (χ1) is 6.81. The van der Waals surface area contributed by atoms with Crippen molar-refractivity contribution in [3.63, 3.8) is 0 Å². The van der Waals surface area contributed by atoms with Crippen molar-refractivity contribution in [1.82, 2.24) is 5.32 Å². The molecule has 1 heterocycles. The van der Waals surface area contributed by atoms with Crippen molar-refractivity contribution in [3.05, 3.63) is 29.1 Å². The zero-order valence-electron chi connectivity index (χ0n) is 8.21. The normalized spacial score (nSPS) is 10.9. The van der Waals surface area contributed by atoms with Gasteiger partial charge in [-0.15, -0.1) is 11.3 Å². The first kappa shape index (κ1) is 9.49. The van der Waals surface area contributed by atoms with Crippen LogP contribution in [-0.2, 0) is 6.54 Å². The molecule has 0 aliphatic rings. The van der Waals surface area contributed by atoms with Crippen molar-refractivity contribution in [2.24, 2.45) is 0 Å². The third kappa shape index (κ3) is 1.74. The Morgan fingerprint density at radius 3 is 3.00 bits per heavy atom. The number of anilines is 1. The fraction of sp³-hybridized carbons (Fsp3) is 0.273. The largest absolute Gasteiger partial charge is 0.398 e. The molecule has 0 spiro atoms. The number of fused-ring (bicyclic) bond motifs is 1. The third-order valence-corrected chi connectivity index (χ3v) is 3.37. The summed E-state index contributed by atoms with van der Waals surface area (Å²) < 4.78 is 1.21. The molecule has 1 aromatic carbocycles. The van der Waals surface area contributed by atoms with E-state index in [1.54, 1.807) is 11.3 Å². The molecule has 3 heteroatoms. The van der Waals surface area contributed by atoms with Crippen LogP contribution in [0.2, 0.25) is 0 Å². The topological polar surface area (TPSA) is 38.0 Å². The molecule has 0 bridgehead atoms. The highest BCUT2D eigenvalue weighted by molar-refractivity contribution is 7.19. The highest BCUT2D eigenvalue weighted by Crippen LogP contribution is 2.29. The van der Waals surface area contributed by atoms with E-state index in [9.17, 15) is 0 Å². The second-order valence-corrected chi connectivity index (χ2v) is 4.40. The number of rotatable bonds is 3. The van der Waals surface area contributed by atoms with E-state index in [2.05, 4.69) is 24.4 Å². The summed E-state index contributed by atoms with van der Waals surface area (Å²) in [6, 6.07) is 8.27. The second kappa shape index (κ2) is 3.98. The maximum Gasteiger partial charge on any atom is 0.0575 e. The molecule has 0 amide bonds. The van der Waals surface area contributed by atoms with Crippen LogP contribution < -0.4 is 11.1 Å². The van der Waals surface area contributed by atoms with Crippen LogP contribution in [0, 0.1) is 0 Å². The lowest BCUT2D eigenvalue weighted by Crippen LogP contribution is -2.10. The van der Waals surface area contributed by atoms with Crippen LogP contribution in [-0.4, -0.2) is 6.54 Å². The molecule has 0 saturated heterocycles. The number of thiophene rings is 1. The number of nitrogens with two attached hydrogens (primary N) is 1. The summed E-state index contributed by atoms with van der Waals surface area (Å²) in [6.45, 7) is 4.06. The van der Waals surface area contributed by atoms with Crippen LogP contribution in [0.3, 0.4) is 0 Å². The maximum absolute atomic E-state index is 5.89. The monoisotopic (exact) mass is 206 g/mol. The molecule has 0 saturated carbocycles. The molecule has 0 aliphatic heterocycles. The van der Waals surface area contributed by atoms with Gasteiger partial charge in [-0.05, 0) is 24.1 Å². The van der Waals surface area contributed by atoms with E-state index in [1.165, 1.54) is 15.0 Å². The van der Waals surface area contributed by atoms with E-state index < -0.39 is 0 Å². The van der Waals surface area contributed by atoms with Crippen molar-refractivity contribution in [3.8, 4) is 0 Å². The van der Waals surface area contributed by atoms with Crippen LogP contribution in [0.1, 0.15) is 11.8 Å². The molecule has 74 valence electrons. The summed E-state index contributed by atoms with van der Waals surface area (Å²) in [6.07, 6.45) is 0. The summed E-state index contributed by atoms with van der Waals surface area (Å²) in [5, 5.41) is 4.57. The molecule has 0 atom stereocenters. The third-order valence-electron chi connectivity index (χ3n) is 2.17. The maximum atomic E-state index is 5.89. The summed E-state index contributed by atoms with van der Waals surface area (Å²) in [5.74, 6) is 0. The molecule has 0 fully saturated rings. The van der Waals surface area contributed by atoms with Gasteiger partial charge in [-0.3, -0.25) is 0 Å². The van der Waals surface area contributed by atoms with E-state index in [0.717, 1.165) is 18.8 Å². The molecular weight excluding hydrogens is 192 g/mol. The molecule has 3 N–H and O–H groups in total. The van der Waals surface area contributed by atoms with Gasteiger partial charge in [0.25, 0.3) is 0 Å². The first-order valence-corrected chi connectivity index (χ1v) is 5.60. The summed E-state index contributed by atoms with van der Waals surface area (Å²) in [5.41, 5.74) is 6.77. The van der Waals surface area contributed by atoms with Gasteiger partial charge in [-0.25, -0.2) is 0 Å². The summed E-state index contributed by atoms with van der Waals surface area (Å²) >= 11 is 1.78. The number of hydrogen-bond acceptors (Lipinski definition) is 3. The van der Waals surface area contributed by atoms with Crippen molar-refractivity contribution in [1.29, 1.82) is 0 Å². The Hall–Kier alpha value is -1.06. The van der Waals surface area contributed by atoms with Crippen LogP contribution in [0.25, 0.3) is 10.1 Å². The Morgan fingerprint density at radius 1 is 1.43 bits per heavy atom. The van der Waals surface area contributed by atoms with E-state index >= 15 is 0 Å². The molecule has 0 radical (unpaired) electrons. The van der Waals surface area contributed by atoms with Gasteiger partial charge in [0, 0.05) is 17.1 Å². The Morgan fingerprint density at radius 2 is 2.29 bits per heavy atom. The summed E-state index contributed by atoms with van der Waals surface area (Å²) in [4.78, 5) is 1.35. The van der Waals surface area contributed by atoms with Crippen LogP contribution in [0.15, 0.2) is 24.3 Å². The van der Waals surface area contributed by atoms with Gasteiger partial charge in [0.15, 0.2) is 0 Å². The number of benzene rings is 1. The fourth-order valence-corrected chi connectivity index (χ4v) is 2.53. The fourth-order valence-electron chi connectivity index (χ4n) is 1.47. The number of nitrogens with one attached hydrogen (secondary N) is 1. The van der Waals surface area contributed by atoms with Gasteiger partial charge in [0.2, 0.25) is 0 Å². The SMILES string of the molecule is CCNCc1cc2cccc(N)c2s1.